The molecule has 5 rings (SSSR count). The highest BCUT2D eigenvalue weighted by molar-refractivity contribution is 7.15. The summed E-state index contributed by atoms with van der Waals surface area (Å²) in [6, 6.07) is 13.5. The molecule has 5 nitrogen and oxygen atoms in total. The molecule has 1 aromatic heterocycles. The lowest BCUT2D eigenvalue weighted by molar-refractivity contribution is 0.0671. The molecule has 2 amide bonds. The Labute approximate surface area is 209 Å². The maximum atomic E-state index is 13.7. The topological polar surface area (TPSA) is 62.3 Å². The lowest BCUT2D eigenvalue weighted by Gasteiger charge is -2.33. The fourth-order valence-electron chi connectivity index (χ4n) is 4.51. The molecular formula is C27H28ClN3O2S. The second kappa shape index (κ2) is 9.51. The molecule has 1 N–H and O–H groups in total. The molecule has 2 aromatic carbocycles. The number of hydrogen-bond acceptors (Lipinski definition) is 4. The van der Waals surface area contributed by atoms with Crippen LogP contribution >= 0.6 is 22.9 Å². The number of carbonyl (C=O) groups is 2. The highest BCUT2D eigenvalue weighted by atomic mass is 35.5. The number of rotatable bonds is 5. The summed E-state index contributed by atoms with van der Waals surface area (Å²) in [5, 5.41) is 4.76. The number of halogens is 1. The van der Waals surface area contributed by atoms with Crippen LogP contribution in [0.25, 0.3) is 10.4 Å². The first kappa shape index (κ1) is 23.1. The summed E-state index contributed by atoms with van der Waals surface area (Å²) in [6.07, 6.45) is 3.97. The minimum absolute atomic E-state index is 0.0439. The van der Waals surface area contributed by atoms with Crippen LogP contribution in [0.3, 0.4) is 0 Å². The van der Waals surface area contributed by atoms with E-state index in [0.717, 1.165) is 52.3 Å². The van der Waals surface area contributed by atoms with Crippen LogP contribution in [0.15, 0.2) is 42.5 Å². The van der Waals surface area contributed by atoms with Gasteiger partial charge in [-0.1, -0.05) is 47.5 Å². The van der Waals surface area contributed by atoms with Crippen LogP contribution in [0.2, 0.25) is 5.02 Å². The predicted octanol–water partition coefficient (Wildman–Crippen LogP) is 5.99. The second-order valence-corrected chi connectivity index (χ2v) is 10.8. The number of aromatic nitrogens is 1. The third kappa shape index (κ3) is 4.75. The third-order valence-electron chi connectivity index (χ3n) is 6.61. The normalized spacial score (nSPS) is 18.1. The van der Waals surface area contributed by atoms with Crippen molar-refractivity contribution in [3.8, 4) is 10.4 Å². The average molecular weight is 494 g/mol. The standard InChI is InChI=1S/C27H28ClN3O2S/c1-16-6-3-7-19(14-16)24-23(30-26(34-24)18-11-12-18)27(33)31-13-5-8-20(15-31)29-25(32)21-9-4-10-22(28)17(21)2/h3-4,6-7,9-10,14,18,20H,5,8,11-13,15H2,1-2H3,(H,29,32)/t20-/m1/s1. The smallest absolute Gasteiger partial charge is 0.274 e. The van der Waals surface area contributed by atoms with Gasteiger partial charge < -0.3 is 10.2 Å². The highest BCUT2D eigenvalue weighted by Gasteiger charge is 2.33. The SMILES string of the molecule is Cc1cccc(-c2sc(C3CC3)nc2C(=O)N2CCC[C@@H](NC(=O)c3cccc(Cl)c3C)C2)c1. The van der Waals surface area contributed by atoms with E-state index in [4.69, 9.17) is 16.6 Å². The number of amides is 2. The van der Waals surface area contributed by atoms with Crippen molar-refractivity contribution in [1.82, 2.24) is 15.2 Å². The van der Waals surface area contributed by atoms with E-state index in [1.54, 1.807) is 29.5 Å². The summed E-state index contributed by atoms with van der Waals surface area (Å²) >= 11 is 7.85. The molecule has 0 unspecified atom stereocenters. The van der Waals surface area contributed by atoms with Crippen molar-refractivity contribution >= 4 is 34.8 Å². The molecule has 1 aliphatic carbocycles. The molecular weight excluding hydrogens is 466 g/mol. The van der Waals surface area contributed by atoms with E-state index in [2.05, 4.69) is 30.4 Å². The summed E-state index contributed by atoms with van der Waals surface area (Å²) in [5.74, 6) is 0.298. The molecule has 7 heteroatoms. The van der Waals surface area contributed by atoms with Crippen molar-refractivity contribution < 1.29 is 9.59 Å². The van der Waals surface area contributed by atoms with Gasteiger partial charge in [0.1, 0.15) is 5.69 Å². The van der Waals surface area contributed by atoms with E-state index in [-0.39, 0.29) is 17.9 Å². The molecule has 34 heavy (non-hydrogen) atoms. The van der Waals surface area contributed by atoms with Gasteiger partial charge in [-0.15, -0.1) is 11.3 Å². The van der Waals surface area contributed by atoms with E-state index < -0.39 is 0 Å². The summed E-state index contributed by atoms with van der Waals surface area (Å²) in [6.45, 7) is 5.06. The Balaban J connectivity index is 1.36. The second-order valence-electron chi connectivity index (χ2n) is 9.35. The van der Waals surface area contributed by atoms with E-state index in [9.17, 15) is 9.59 Å². The highest BCUT2D eigenvalue weighted by Crippen LogP contribution is 2.45. The number of nitrogens with one attached hydrogen (secondary N) is 1. The van der Waals surface area contributed by atoms with E-state index in [1.165, 1.54) is 0 Å². The van der Waals surface area contributed by atoms with Crippen LogP contribution in [-0.2, 0) is 0 Å². The summed E-state index contributed by atoms with van der Waals surface area (Å²) < 4.78 is 0. The van der Waals surface area contributed by atoms with Gasteiger partial charge in [0.25, 0.3) is 11.8 Å². The Morgan fingerprint density at radius 2 is 1.91 bits per heavy atom. The number of thiazole rings is 1. The van der Waals surface area contributed by atoms with Crippen LogP contribution in [0.5, 0.6) is 0 Å². The van der Waals surface area contributed by atoms with Gasteiger partial charge in [0.05, 0.1) is 9.88 Å². The number of carbonyl (C=O) groups excluding carboxylic acids is 2. The number of benzene rings is 2. The summed E-state index contributed by atoms with van der Waals surface area (Å²) in [7, 11) is 0. The number of likely N-dealkylation sites (tertiary alicyclic amines) is 1. The van der Waals surface area contributed by atoms with Crippen LogP contribution in [0.4, 0.5) is 0 Å². The van der Waals surface area contributed by atoms with Gasteiger partial charge in [-0.2, -0.15) is 0 Å². The predicted molar refractivity (Wildman–Crippen MR) is 137 cm³/mol. The quantitative estimate of drug-likeness (QED) is 0.474. The molecule has 1 saturated carbocycles. The number of aryl methyl sites for hydroxylation is 1. The van der Waals surface area contributed by atoms with Crippen molar-refractivity contribution in [3.05, 3.63) is 74.9 Å². The van der Waals surface area contributed by atoms with Gasteiger partial charge in [-0.25, -0.2) is 4.98 Å². The third-order valence-corrected chi connectivity index (χ3v) is 8.29. The fraction of sp³-hybridized carbons (Fsp3) is 0.370. The van der Waals surface area contributed by atoms with Gasteiger partial charge in [-0.05, 0) is 62.8 Å². The van der Waals surface area contributed by atoms with Crippen LogP contribution < -0.4 is 5.32 Å². The number of nitrogens with zero attached hydrogens (tertiary/aromatic N) is 2. The Bertz CT molecular complexity index is 1250. The maximum absolute atomic E-state index is 13.7. The summed E-state index contributed by atoms with van der Waals surface area (Å²) in [5.41, 5.74) is 4.10. The molecule has 2 heterocycles. The van der Waals surface area contributed by atoms with Crippen LogP contribution in [0, 0.1) is 13.8 Å². The van der Waals surface area contributed by atoms with Gasteiger partial charge >= 0.3 is 0 Å². The minimum Gasteiger partial charge on any atom is -0.348 e. The molecule has 2 fully saturated rings. The molecule has 3 aromatic rings. The Morgan fingerprint density at radius 3 is 2.68 bits per heavy atom. The molecule has 0 radical (unpaired) electrons. The van der Waals surface area contributed by atoms with Gasteiger partial charge in [0, 0.05) is 35.6 Å². The van der Waals surface area contributed by atoms with E-state index >= 15 is 0 Å². The number of piperidine rings is 1. The zero-order valence-electron chi connectivity index (χ0n) is 19.4. The first-order chi connectivity index (χ1) is 16.4. The summed E-state index contributed by atoms with van der Waals surface area (Å²) in [4.78, 5) is 34.2. The number of hydrogen-bond donors (Lipinski definition) is 1. The van der Waals surface area contributed by atoms with Gasteiger partial charge in [-0.3, -0.25) is 9.59 Å². The van der Waals surface area contributed by atoms with Crippen LogP contribution in [0.1, 0.15) is 68.6 Å². The van der Waals surface area contributed by atoms with Gasteiger partial charge in [0.2, 0.25) is 0 Å². The molecule has 0 bridgehead atoms. The van der Waals surface area contributed by atoms with Crippen molar-refractivity contribution in [3.63, 3.8) is 0 Å². The van der Waals surface area contributed by atoms with Crippen molar-refractivity contribution in [2.24, 2.45) is 0 Å². The zero-order valence-corrected chi connectivity index (χ0v) is 21.0. The van der Waals surface area contributed by atoms with Crippen LogP contribution in [-0.4, -0.2) is 40.8 Å². The maximum Gasteiger partial charge on any atom is 0.274 e. The Morgan fingerprint density at radius 1 is 1.12 bits per heavy atom. The van der Waals surface area contributed by atoms with E-state index in [1.807, 2.05) is 17.9 Å². The Kier molecular flexibility index (Phi) is 6.45. The molecule has 1 saturated heterocycles. The first-order valence-corrected chi connectivity index (χ1v) is 13.0. The first-order valence-electron chi connectivity index (χ1n) is 11.8. The zero-order chi connectivity index (χ0) is 23.8. The average Bonchev–Trinajstić information content (AvgIpc) is 3.58. The van der Waals surface area contributed by atoms with Crippen molar-refractivity contribution in [2.45, 2.75) is 51.5 Å². The molecule has 1 aliphatic heterocycles. The molecule has 0 spiro atoms. The van der Waals surface area contributed by atoms with Crippen molar-refractivity contribution in [1.29, 1.82) is 0 Å². The molecule has 2 aliphatic rings. The molecule has 176 valence electrons. The van der Waals surface area contributed by atoms with E-state index in [0.29, 0.717) is 35.3 Å². The minimum atomic E-state index is -0.149. The Hall–Kier alpha value is -2.70. The molecule has 1 atom stereocenters. The van der Waals surface area contributed by atoms with Gasteiger partial charge in [0.15, 0.2) is 0 Å². The monoisotopic (exact) mass is 493 g/mol. The fourth-order valence-corrected chi connectivity index (χ4v) is 5.91. The van der Waals surface area contributed by atoms with Crippen molar-refractivity contribution in [2.75, 3.05) is 13.1 Å². The lowest BCUT2D eigenvalue weighted by atomic mass is 10.0. The largest absolute Gasteiger partial charge is 0.348 e. The lowest BCUT2D eigenvalue weighted by Crippen LogP contribution is -2.49.